The van der Waals surface area contributed by atoms with Crippen molar-refractivity contribution in [1.82, 2.24) is 58.7 Å². The van der Waals surface area contributed by atoms with Crippen LogP contribution in [0.1, 0.15) is 15.0 Å². The summed E-state index contributed by atoms with van der Waals surface area (Å²) in [5, 5.41) is 29.1. The third-order valence-corrected chi connectivity index (χ3v) is 10.5. The predicted octanol–water partition coefficient (Wildman–Crippen LogP) is 9.32. The lowest BCUT2D eigenvalue weighted by atomic mass is 10.1. The fraction of sp³-hybridized carbons (Fsp3) is 0.0769. The Hall–Kier alpha value is -7.02. The van der Waals surface area contributed by atoms with E-state index in [-0.39, 0.29) is 17.7 Å². The van der Waals surface area contributed by atoms with Crippen LogP contribution in [0.5, 0.6) is 0 Å². The summed E-state index contributed by atoms with van der Waals surface area (Å²) >= 11 is 4.04. The maximum Gasteiger partial charge on any atom is 0.248 e. The molecule has 0 N–H and O–H groups in total. The summed E-state index contributed by atoms with van der Waals surface area (Å²) in [6.45, 7) is 5.76. The van der Waals surface area contributed by atoms with E-state index in [2.05, 4.69) is 58.7 Å². The molecule has 0 aliphatic heterocycles. The zero-order valence-corrected chi connectivity index (χ0v) is 32.4. The third kappa shape index (κ3) is 6.92. The molecule has 0 saturated heterocycles. The first kappa shape index (κ1) is 34.5. The highest BCUT2D eigenvalue weighted by Gasteiger charge is 2.21. The van der Waals surface area contributed by atoms with E-state index in [0.717, 1.165) is 31.7 Å². The molecule has 18 heteroatoms. The van der Waals surface area contributed by atoms with Crippen molar-refractivity contribution in [2.45, 2.75) is 20.8 Å². The summed E-state index contributed by atoms with van der Waals surface area (Å²) in [6.07, 6.45) is 0. The first-order chi connectivity index (χ1) is 27.9. The maximum absolute atomic E-state index is 6.28. The zero-order valence-electron chi connectivity index (χ0n) is 30.0. The Kier molecular flexibility index (Phi) is 8.61. The zero-order chi connectivity index (χ0) is 38.5. The average molecular weight is 805 g/mol. The van der Waals surface area contributed by atoms with E-state index in [0.29, 0.717) is 68.5 Å². The standard InChI is InChI=1S/C39H24N12O3S3/c1-19-40-31(49-55-19)22-7-4-10-25(13-22)34-43-46-37(52-34)28-16-29(38-47-44-35(53-38)26-11-5-8-23(14-26)32-41-20(2)56-50-32)18-30(17-28)39-48-45-36(54-39)27-12-6-9-24(15-27)33-42-21(3)57-51-33/h4-18H,1-3H3. The molecular weight excluding hydrogens is 781 g/mol. The van der Waals surface area contributed by atoms with Crippen molar-refractivity contribution in [3.8, 4) is 103 Å². The molecule has 0 aliphatic carbocycles. The van der Waals surface area contributed by atoms with Gasteiger partial charge in [0.15, 0.2) is 17.5 Å². The summed E-state index contributed by atoms with van der Waals surface area (Å²) < 4.78 is 32.2. The van der Waals surface area contributed by atoms with Gasteiger partial charge in [0.2, 0.25) is 35.3 Å². The minimum Gasteiger partial charge on any atom is -0.416 e. The Morgan fingerprint density at radius 2 is 0.579 bits per heavy atom. The highest BCUT2D eigenvalue weighted by Crippen LogP contribution is 2.36. The van der Waals surface area contributed by atoms with Gasteiger partial charge in [-0.05, 0) is 110 Å². The van der Waals surface area contributed by atoms with Crippen LogP contribution < -0.4 is 0 Å². The molecule has 0 radical (unpaired) electrons. The maximum atomic E-state index is 6.28. The van der Waals surface area contributed by atoms with Gasteiger partial charge in [-0.2, -0.15) is 13.1 Å². The molecule has 0 atom stereocenters. The van der Waals surface area contributed by atoms with E-state index in [1.54, 1.807) is 0 Å². The normalized spacial score (nSPS) is 11.4. The molecule has 57 heavy (non-hydrogen) atoms. The molecule has 0 amide bonds. The Morgan fingerprint density at radius 1 is 0.333 bits per heavy atom. The van der Waals surface area contributed by atoms with Gasteiger partial charge < -0.3 is 13.3 Å². The molecule has 0 fully saturated rings. The van der Waals surface area contributed by atoms with Crippen molar-refractivity contribution >= 4 is 34.6 Å². The van der Waals surface area contributed by atoms with Gasteiger partial charge >= 0.3 is 0 Å². The predicted molar refractivity (Wildman–Crippen MR) is 214 cm³/mol. The number of aryl methyl sites for hydroxylation is 3. The number of benzene rings is 4. The molecule has 6 heterocycles. The van der Waals surface area contributed by atoms with Gasteiger partial charge in [-0.3, -0.25) is 0 Å². The third-order valence-electron chi connectivity index (χ3n) is 8.63. The van der Waals surface area contributed by atoms with Crippen LogP contribution in [0.15, 0.2) is 104 Å². The second-order valence-electron chi connectivity index (χ2n) is 12.7. The van der Waals surface area contributed by atoms with E-state index >= 15 is 0 Å². The number of aromatic nitrogens is 12. The fourth-order valence-electron chi connectivity index (χ4n) is 5.99. The van der Waals surface area contributed by atoms with E-state index in [4.69, 9.17) is 13.3 Å². The van der Waals surface area contributed by atoms with Crippen molar-refractivity contribution in [2.24, 2.45) is 0 Å². The van der Waals surface area contributed by atoms with E-state index in [1.165, 1.54) is 34.6 Å². The van der Waals surface area contributed by atoms with Gasteiger partial charge in [-0.1, -0.05) is 36.4 Å². The van der Waals surface area contributed by atoms with Crippen molar-refractivity contribution in [3.05, 3.63) is 106 Å². The molecule has 6 aromatic heterocycles. The molecule has 15 nitrogen and oxygen atoms in total. The second-order valence-corrected chi connectivity index (χ2v) is 15.6. The molecule has 10 aromatic rings. The quantitative estimate of drug-likeness (QED) is 0.134. The minimum atomic E-state index is 0.248. The van der Waals surface area contributed by atoms with Crippen molar-refractivity contribution in [2.75, 3.05) is 0 Å². The number of rotatable bonds is 9. The van der Waals surface area contributed by atoms with E-state index in [1.807, 2.05) is 112 Å². The molecule has 0 aliphatic rings. The SMILES string of the molecule is Cc1nc(-c2cccc(-c3nnc(-c4cc(-c5nnc(-c6cccc(-c7nsc(C)n7)c6)o5)cc(-c5nnc(-c6cccc(-c7nsc(C)n7)c6)o5)c4)o3)c2)ns1. The molecule has 0 unspecified atom stereocenters. The lowest BCUT2D eigenvalue weighted by molar-refractivity contribution is 0.580. The summed E-state index contributed by atoms with van der Waals surface area (Å²) in [5.74, 6) is 3.61. The number of nitrogens with zero attached hydrogens (tertiary/aromatic N) is 12. The number of hydrogen-bond acceptors (Lipinski definition) is 18. The van der Waals surface area contributed by atoms with Crippen LogP contribution in [0.4, 0.5) is 0 Å². The second kappa shape index (κ2) is 14.2. The van der Waals surface area contributed by atoms with Crippen molar-refractivity contribution < 1.29 is 13.3 Å². The van der Waals surface area contributed by atoms with Gasteiger partial charge in [0.25, 0.3) is 0 Å². The summed E-state index contributed by atoms with van der Waals surface area (Å²) in [7, 11) is 0. The van der Waals surface area contributed by atoms with Gasteiger partial charge in [0.1, 0.15) is 15.0 Å². The van der Waals surface area contributed by atoms with Crippen molar-refractivity contribution in [3.63, 3.8) is 0 Å². The molecule has 4 aromatic carbocycles. The Morgan fingerprint density at radius 3 is 0.842 bits per heavy atom. The van der Waals surface area contributed by atoms with Crippen LogP contribution in [0.25, 0.3) is 103 Å². The van der Waals surface area contributed by atoms with Gasteiger partial charge in [0, 0.05) is 50.1 Å². The average Bonchev–Trinajstić information content (AvgIpc) is 4.10. The van der Waals surface area contributed by atoms with Crippen LogP contribution in [-0.4, -0.2) is 58.7 Å². The van der Waals surface area contributed by atoms with E-state index < -0.39 is 0 Å². The van der Waals surface area contributed by atoms with Crippen molar-refractivity contribution in [1.29, 1.82) is 0 Å². The smallest absolute Gasteiger partial charge is 0.248 e. The fourth-order valence-corrected chi connectivity index (χ4v) is 7.47. The van der Waals surface area contributed by atoms with Crippen LogP contribution in [0, 0.1) is 20.8 Å². The monoisotopic (exact) mass is 804 g/mol. The summed E-state index contributed by atoms with van der Waals surface area (Å²) in [4.78, 5) is 13.5. The lowest BCUT2D eigenvalue weighted by Crippen LogP contribution is -1.87. The minimum absolute atomic E-state index is 0.248. The first-order valence-corrected chi connectivity index (χ1v) is 19.6. The van der Waals surface area contributed by atoms with Gasteiger partial charge in [0.05, 0.1) is 0 Å². The molecule has 0 saturated carbocycles. The topological polar surface area (TPSA) is 194 Å². The van der Waals surface area contributed by atoms with E-state index in [9.17, 15) is 0 Å². The number of hydrogen-bond donors (Lipinski definition) is 0. The Labute approximate surface area is 334 Å². The van der Waals surface area contributed by atoms with Gasteiger partial charge in [-0.15, -0.1) is 30.6 Å². The molecular formula is C39H24N12O3S3. The first-order valence-electron chi connectivity index (χ1n) is 17.3. The van der Waals surface area contributed by atoms with Gasteiger partial charge in [-0.25, -0.2) is 15.0 Å². The highest BCUT2D eigenvalue weighted by atomic mass is 32.1. The van der Waals surface area contributed by atoms with Crippen LogP contribution in [-0.2, 0) is 0 Å². The van der Waals surface area contributed by atoms with Crippen LogP contribution in [0.2, 0.25) is 0 Å². The summed E-state index contributed by atoms with van der Waals surface area (Å²) in [5.41, 5.74) is 6.36. The summed E-state index contributed by atoms with van der Waals surface area (Å²) in [6, 6.07) is 28.4. The Bertz CT molecular complexity index is 2730. The highest BCUT2D eigenvalue weighted by molar-refractivity contribution is 7.06. The molecule has 0 bridgehead atoms. The van der Waals surface area contributed by atoms with Crippen LogP contribution in [0.3, 0.4) is 0 Å². The largest absolute Gasteiger partial charge is 0.416 e. The van der Waals surface area contributed by atoms with Crippen LogP contribution >= 0.6 is 34.6 Å². The Balaban J connectivity index is 1.03. The molecule has 0 spiro atoms. The lowest BCUT2D eigenvalue weighted by Gasteiger charge is -2.04. The molecule has 276 valence electrons. The molecule has 10 rings (SSSR count).